The zero-order chi connectivity index (χ0) is 23.6. The Hall–Kier alpha value is -1.82. The molecule has 2 aromatic rings. The summed E-state index contributed by atoms with van der Waals surface area (Å²) in [4.78, 5) is 0. The van der Waals surface area contributed by atoms with Gasteiger partial charge in [0.25, 0.3) is 0 Å². The predicted molar refractivity (Wildman–Crippen MR) is 148 cm³/mol. The second-order valence-corrected chi connectivity index (χ2v) is 11.6. The van der Waals surface area contributed by atoms with E-state index in [0.29, 0.717) is 5.92 Å². The van der Waals surface area contributed by atoms with Gasteiger partial charge < -0.3 is 0 Å². The van der Waals surface area contributed by atoms with Crippen LogP contribution in [0.25, 0.3) is 0 Å². The second-order valence-electron chi connectivity index (χ2n) is 11.6. The van der Waals surface area contributed by atoms with Crippen LogP contribution in [-0.4, -0.2) is 0 Å². The monoisotopic (exact) mass is 456 g/mol. The van der Waals surface area contributed by atoms with Crippen molar-refractivity contribution in [1.29, 1.82) is 0 Å². The summed E-state index contributed by atoms with van der Waals surface area (Å²) >= 11 is 0. The summed E-state index contributed by atoms with van der Waals surface area (Å²) < 4.78 is 0. The zero-order valence-electron chi connectivity index (χ0n) is 21.9. The largest absolute Gasteiger partial charge is 0.0917 e. The van der Waals surface area contributed by atoms with E-state index in [1.807, 2.05) is 0 Å². The fourth-order valence-electron chi connectivity index (χ4n) is 6.78. The van der Waals surface area contributed by atoms with Crippen LogP contribution in [0.15, 0.2) is 66.7 Å². The van der Waals surface area contributed by atoms with E-state index in [4.69, 9.17) is 0 Å². The van der Waals surface area contributed by atoms with E-state index in [2.05, 4.69) is 80.6 Å². The fourth-order valence-corrected chi connectivity index (χ4v) is 6.78. The van der Waals surface area contributed by atoms with Crippen LogP contribution in [0.1, 0.15) is 119 Å². The van der Waals surface area contributed by atoms with Crippen molar-refractivity contribution in [2.75, 3.05) is 0 Å². The average molecular weight is 457 g/mol. The van der Waals surface area contributed by atoms with Gasteiger partial charge in [0.1, 0.15) is 0 Å². The average Bonchev–Trinajstić information content (AvgIpc) is 2.90. The number of aryl methyl sites for hydroxylation is 1. The Morgan fingerprint density at radius 2 is 1.35 bits per heavy atom. The molecule has 0 unspecified atom stereocenters. The highest BCUT2D eigenvalue weighted by Gasteiger charge is 2.24. The van der Waals surface area contributed by atoms with E-state index in [9.17, 15) is 0 Å². The first-order valence-corrected chi connectivity index (χ1v) is 14.5. The third kappa shape index (κ3) is 7.59. The van der Waals surface area contributed by atoms with Crippen molar-refractivity contribution in [2.45, 2.75) is 109 Å². The van der Waals surface area contributed by atoms with E-state index < -0.39 is 0 Å². The lowest BCUT2D eigenvalue weighted by Gasteiger charge is -2.30. The molecule has 0 radical (unpaired) electrons. The summed E-state index contributed by atoms with van der Waals surface area (Å²) in [6.45, 7) is 4.56. The molecule has 4 rings (SSSR count). The summed E-state index contributed by atoms with van der Waals surface area (Å²) in [5.41, 5.74) is 4.67. The van der Waals surface area contributed by atoms with Gasteiger partial charge in [0.15, 0.2) is 0 Å². The molecule has 0 heterocycles. The molecule has 0 spiro atoms. The summed E-state index contributed by atoms with van der Waals surface area (Å²) in [6, 6.07) is 20.9. The molecule has 34 heavy (non-hydrogen) atoms. The van der Waals surface area contributed by atoms with E-state index in [0.717, 1.165) is 23.7 Å². The van der Waals surface area contributed by atoms with Crippen molar-refractivity contribution in [3.05, 3.63) is 83.4 Å². The van der Waals surface area contributed by atoms with Gasteiger partial charge in [-0.15, -0.1) is 0 Å². The van der Waals surface area contributed by atoms with Crippen LogP contribution < -0.4 is 0 Å². The fraction of sp³-hybridized carbons (Fsp3) is 0.588. The van der Waals surface area contributed by atoms with Crippen LogP contribution in [0.3, 0.4) is 0 Å². The summed E-state index contributed by atoms with van der Waals surface area (Å²) in [5.74, 6) is 4.34. The van der Waals surface area contributed by atoms with Gasteiger partial charge in [-0.25, -0.2) is 0 Å². The normalized spacial score (nSPS) is 26.5. The Balaban J connectivity index is 1.15. The Kier molecular flexibility index (Phi) is 9.90. The molecule has 2 aromatic carbocycles. The summed E-state index contributed by atoms with van der Waals surface area (Å²) in [6.07, 6.45) is 22.7. The number of hydrogen-bond acceptors (Lipinski definition) is 0. The highest BCUT2D eigenvalue weighted by Crippen LogP contribution is 2.40. The van der Waals surface area contributed by atoms with Gasteiger partial charge in [-0.3, -0.25) is 0 Å². The molecule has 2 saturated carbocycles. The molecule has 0 amide bonds. The zero-order valence-corrected chi connectivity index (χ0v) is 21.9. The molecule has 0 bridgehead atoms. The highest BCUT2D eigenvalue weighted by molar-refractivity contribution is 5.26. The molecule has 1 atom stereocenters. The van der Waals surface area contributed by atoms with Crippen LogP contribution in [-0.2, 0) is 6.42 Å². The van der Waals surface area contributed by atoms with E-state index in [1.165, 1.54) is 89.0 Å². The number of hydrogen-bond donors (Lipinski definition) is 0. The first-order chi connectivity index (χ1) is 16.7. The molecule has 2 fully saturated rings. The molecule has 2 aliphatic rings. The van der Waals surface area contributed by atoms with Crippen LogP contribution in [0.4, 0.5) is 0 Å². The third-order valence-corrected chi connectivity index (χ3v) is 9.14. The smallest absolute Gasteiger partial charge is 0.0162 e. The van der Waals surface area contributed by atoms with Crippen molar-refractivity contribution >= 4 is 0 Å². The topological polar surface area (TPSA) is 0 Å². The maximum Gasteiger partial charge on any atom is -0.0162 e. The quantitative estimate of drug-likeness (QED) is 0.312. The van der Waals surface area contributed by atoms with Gasteiger partial charge in [-0.2, -0.15) is 0 Å². The van der Waals surface area contributed by atoms with Gasteiger partial charge in [0, 0.05) is 0 Å². The predicted octanol–water partition coefficient (Wildman–Crippen LogP) is 10.2. The molecule has 2 aliphatic carbocycles. The minimum absolute atomic E-state index is 0.690. The molecule has 184 valence electrons. The second kappa shape index (κ2) is 13.3. The lowest BCUT2D eigenvalue weighted by molar-refractivity contribution is 0.254. The van der Waals surface area contributed by atoms with E-state index in [-0.39, 0.29) is 0 Å². The Bertz CT molecular complexity index is 829. The number of benzene rings is 2. The van der Waals surface area contributed by atoms with Gasteiger partial charge in [0.05, 0.1) is 0 Å². The maximum absolute atomic E-state index is 2.46. The molecule has 0 N–H and O–H groups in total. The van der Waals surface area contributed by atoms with Gasteiger partial charge in [-0.1, -0.05) is 99.4 Å². The molecular formula is C34H48. The Morgan fingerprint density at radius 1 is 0.735 bits per heavy atom. The number of rotatable bonds is 10. The Morgan fingerprint density at radius 3 is 2.00 bits per heavy atom. The minimum atomic E-state index is 0.690. The molecule has 0 aromatic heterocycles. The lowest BCUT2D eigenvalue weighted by atomic mass is 9.75. The van der Waals surface area contributed by atoms with E-state index in [1.54, 1.807) is 11.1 Å². The summed E-state index contributed by atoms with van der Waals surface area (Å²) in [5, 5.41) is 0. The van der Waals surface area contributed by atoms with Crippen molar-refractivity contribution in [3.63, 3.8) is 0 Å². The Labute approximate surface area is 210 Å². The van der Waals surface area contributed by atoms with Crippen LogP contribution in [0.2, 0.25) is 0 Å². The van der Waals surface area contributed by atoms with Gasteiger partial charge >= 0.3 is 0 Å². The SMILES string of the molecule is C/C=C/CCC1CCC(CCc2ccc(C3CCC(C[C@H](C)c4ccccc4)CC3)cc2)CC1. The number of allylic oxidation sites excluding steroid dienone is 2. The first kappa shape index (κ1) is 25.3. The van der Waals surface area contributed by atoms with Gasteiger partial charge in [0.2, 0.25) is 0 Å². The van der Waals surface area contributed by atoms with Gasteiger partial charge in [-0.05, 0) is 111 Å². The van der Waals surface area contributed by atoms with Crippen molar-refractivity contribution in [3.8, 4) is 0 Å². The lowest BCUT2D eigenvalue weighted by Crippen LogP contribution is -2.15. The highest BCUT2D eigenvalue weighted by atomic mass is 14.3. The molecule has 0 heteroatoms. The molecule has 0 aliphatic heterocycles. The third-order valence-electron chi connectivity index (χ3n) is 9.14. The van der Waals surface area contributed by atoms with Crippen LogP contribution >= 0.6 is 0 Å². The van der Waals surface area contributed by atoms with Crippen LogP contribution in [0.5, 0.6) is 0 Å². The van der Waals surface area contributed by atoms with Crippen LogP contribution in [0, 0.1) is 17.8 Å². The maximum atomic E-state index is 2.46. The minimum Gasteiger partial charge on any atom is -0.0917 e. The molecule has 0 nitrogen and oxygen atoms in total. The first-order valence-electron chi connectivity index (χ1n) is 14.5. The molecule has 0 saturated heterocycles. The standard InChI is InChI=1S/C34H48/c1-3-4-6-9-28-12-14-29(15-13-28)16-17-30-18-22-33(23-19-30)34-24-20-31(21-25-34)26-27(2)32-10-7-5-8-11-32/h3-5,7-8,10-11,18-19,22-23,27-29,31,34H,6,9,12-17,20-21,24-26H2,1-2H3/b4-3+/t27-,28?,29?,31?,34?/m0/s1. The summed E-state index contributed by atoms with van der Waals surface area (Å²) in [7, 11) is 0. The van der Waals surface area contributed by atoms with Crippen molar-refractivity contribution in [1.82, 2.24) is 0 Å². The van der Waals surface area contributed by atoms with Crippen molar-refractivity contribution in [2.24, 2.45) is 17.8 Å². The molecular weight excluding hydrogens is 408 g/mol. The van der Waals surface area contributed by atoms with E-state index >= 15 is 0 Å². The van der Waals surface area contributed by atoms with Crippen molar-refractivity contribution < 1.29 is 0 Å².